The zero-order valence-corrected chi connectivity index (χ0v) is 18.9. The molecule has 1 amide bonds. The molecule has 0 saturated heterocycles. The Balaban J connectivity index is 0.000000512. The summed E-state index contributed by atoms with van der Waals surface area (Å²) in [6.45, 7) is 7.01. The Labute approximate surface area is 184 Å². The summed E-state index contributed by atoms with van der Waals surface area (Å²) in [5.41, 5.74) is 15.2. The first-order valence-electron chi connectivity index (χ1n) is 10.5. The molecule has 8 nitrogen and oxygen atoms in total. The van der Waals surface area contributed by atoms with Crippen molar-refractivity contribution in [3.8, 4) is 5.75 Å². The Hall–Kier alpha value is -2.84. The van der Waals surface area contributed by atoms with E-state index in [-0.39, 0.29) is 24.7 Å². The van der Waals surface area contributed by atoms with Crippen molar-refractivity contribution in [3.05, 3.63) is 40.6 Å². The van der Waals surface area contributed by atoms with Gasteiger partial charge in [-0.3, -0.25) is 9.79 Å². The summed E-state index contributed by atoms with van der Waals surface area (Å²) in [6.07, 6.45) is 3.94. The number of carbonyl (C=O) groups is 1. The molecule has 1 aliphatic rings. The topological polar surface area (TPSA) is 143 Å². The summed E-state index contributed by atoms with van der Waals surface area (Å²) < 4.78 is 5.50. The van der Waals surface area contributed by atoms with E-state index in [1.807, 2.05) is 38.1 Å². The van der Waals surface area contributed by atoms with Crippen LogP contribution in [-0.2, 0) is 4.79 Å². The number of carbonyl (C=O) groups excluding carboxylic acids is 1. The van der Waals surface area contributed by atoms with Crippen LogP contribution in [0.3, 0.4) is 0 Å². The van der Waals surface area contributed by atoms with E-state index < -0.39 is 5.91 Å². The van der Waals surface area contributed by atoms with Crippen molar-refractivity contribution in [2.45, 2.75) is 33.6 Å². The molecule has 1 heterocycles. The minimum atomic E-state index is -0.580. The maximum atomic E-state index is 11.7. The molecule has 0 radical (unpaired) electrons. The fourth-order valence-electron chi connectivity index (χ4n) is 3.21. The average molecular weight is 433 g/mol. The molecule has 172 valence electrons. The Morgan fingerprint density at radius 1 is 1.26 bits per heavy atom. The molecular formula is C23H36N4O4. The molecule has 0 aliphatic carbocycles. The lowest BCUT2D eigenvalue weighted by atomic mass is 9.95. The Bertz CT molecular complexity index is 823. The predicted octanol–water partition coefficient (Wildman–Crippen LogP) is 2.07. The summed E-state index contributed by atoms with van der Waals surface area (Å²) >= 11 is 0. The largest absolute Gasteiger partial charge is 0.494 e. The predicted molar refractivity (Wildman–Crippen MR) is 126 cm³/mol. The molecule has 0 aromatic heterocycles. The number of primary amides is 1. The van der Waals surface area contributed by atoms with Crippen molar-refractivity contribution in [1.29, 1.82) is 0 Å². The highest BCUT2D eigenvalue weighted by atomic mass is 16.5. The van der Waals surface area contributed by atoms with E-state index in [4.69, 9.17) is 26.4 Å². The van der Waals surface area contributed by atoms with Crippen LogP contribution < -0.4 is 21.5 Å². The number of amides is 1. The molecule has 0 fully saturated rings. The third-order valence-electron chi connectivity index (χ3n) is 4.75. The maximum absolute atomic E-state index is 11.7. The number of aliphatic hydroxyl groups is 2. The molecule has 1 aromatic carbocycles. The Morgan fingerprint density at radius 2 is 1.94 bits per heavy atom. The van der Waals surface area contributed by atoms with E-state index in [1.54, 1.807) is 14.0 Å². The second kappa shape index (κ2) is 13.5. The van der Waals surface area contributed by atoms with E-state index in [0.29, 0.717) is 24.6 Å². The fraction of sp³-hybridized carbons (Fsp3) is 0.478. The molecule has 1 aliphatic heterocycles. The number of nitrogens with two attached hydrogens (primary N) is 2. The van der Waals surface area contributed by atoms with Crippen molar-refractivity contribution in [3.63, 3.8) is 0 Å². The lowest BCUT2D eigenvalue weighted by Gasteiger charge is -2.21. The summed E-state index contributed by atoms with van der Waals surface area (Å²) in [4.78, 5) is 15.9. The highest BCUT2D eigenvalue weighted by Gasteiger charge is 2.21. The molecule has 0 saturated carbocycles. The number of rotatable bonds is 9. The van der Waals surface area contributed by atoms with Crippen LogP contribution in [0.5, 0.6) is 5.75 Å². The fourth-order valence-corrected chi connectivity index (χ4v) is 3.21. The van der Waals surface area contributed by atoms with Gasteiger partial charge in [-0.15, -0.1) is 0 Å². The normalized spacial score (nSPS) is 13.9. The number of fused-ring (bicyclic) bond motifs is 1. The van der Waals surface area contributed by atoms with Crippen LogP contribution in [0.25, 0.3) is 6.08 Å². The summed E-state index contributed by atoms with van der Waals surface area (Å²) in [6, 6.07) is 5.82. The van der Waals surface area contributed by atoms with Crippen molar-refractivity contribution < 1.29 is 19.7 Å². The summed E-state index contributed by atoms with van der Waals surface area (Å²) in [5.74, 6) is 0.347. The van der Waals surface area contributed by atoms with Gasteiger partial charge in [0.15, 0.2) is 0 Å². The molecule has 7 N–H and O–H groups in total. The van der Waals surface area contributed by atoms with E-state index in [9.17, 15) is 4.79 Å². The number of benzene rings is 1. The van der Waals surface area contributed by atoms with Crippen LogP contribution in [0.4, 0.5) is 5.69 Å². The van der Waals surface area contributed by atoms with E-state index in [1.165, 1.54) is 0 Å². The van der Waals surface area contributed by atoms with Crippen LogP contribution in [0.15, 0.2) is 40.0 Å². The Kier molecular flexibility index (Phi) is 11.4. The molecule has 1 aromatic rings. The molecule has 8 heteroatoms. The highest BCUT2D eigenvalue weighted by Crippen LogP contribution is 2.29. The number of aliphatic imine (C=N–C) groups is 1. The van der Waals surface area contributed by atoms with Crippen LogP contribution in [-0.4, -0.2) is 55.2 Å². The van der Waals surface area contributed by atoms with Crippen molar-refractivity contribution in [1.82, 2.24) is 0 Å². The molecule has 0 bridgehead atoms. The standard InChI is InChI=1S/C17H22N4O2.C6H14O2/c1-4-23-13-6-5-11-7-12(9-21-14(11)8-13)16(20-3)15(10(2)18)17(19)22;1-2-3-6(4-7)5-8/h5-8,21H,4,9,18H2,1-3H3,(H2,19,22);6-8H,2-5H2,1H3/b15-10-,20-16?;. The molecule has 0 spiro atoms. The van der Waals surface area contributed by atoms with Gasteiger partial charge in [0, 0.05) is 50.2 Å². The zero-order chi connectivity index (χ0) is 23.4. The van der Waals surface area contributed by atoms with Crippen molar-refractivity contribution >= 4 is 23.4 Å². The van der Waals surface area contributed by atoms with Crippen LogP contribution in [0, 0.1) is 5.92 Å². The first-order chi connectivity index (χ1) is 14.8. The first kappa shape index (κ1) is 26.2. The second-order valence-electron chi connectivity index (χ2n) is 7.22. The lowest BCUT2D eigenvalue weighted by Crippen LogP contribution is -2.28. The summed E-state index contributed by atoms with van der Waals surface area (Å²) in [7, 11) is 1.62. The summed E-state index contributed by atoms with van der Waals surface area (Å²) in [5, 5.41) is 20.3. The van der Waals surface area contributed by atoms with Crippen LogP contribution in [0.1, 0.15) is 39.2 Å². The number of hydrogen-bond donors (Lipinski definition) is 5. The third kappa shape index (κ3) is 7.73. The van der Waals surface area contributed by atoms with Gasteiger partial charge < -0.3 is 31.7 Å². The number of hydrogen-bond acceptors (Lipinski definition) is 7. The van der Waals surface area contributed by atoms with Gasteiger partial charge in [0.25, 0.3) is 5.91 Å². The SMILES string of the molecule is CCCC(CO)CO.CCOc1ccc2c(c1)NCC(C(=NC)/C(C(N)=O)=C(\C)N)=C2. The third-order valence-corrected chi connectivity index (χ3v) is 4.75. The zero-order valence-electron chi connectivity index (χ0n) is 18.9. The number of allylic oxidation sites excluding steroid dienone is 1. The quantitative estimate of drug-likeness (QED) is 0.299. The molecule has 31 heavy (non-hydrogen) atoms. The lowest BCUT2D eigenvalue weighted by molar-refractivity contribution is -0.114. The van der Waals surface area contributed by atoms with Crippen LogP contribution >= 0.6 is 0 Å². The first-order valence-corrected chi connectivity index (χ1v) is 10.5. The van der Waals surface area contributed by atoms with Gasteiger partial charge in [0.2, 0.25) is 0 Å². The van der Waals surface area contributed by atoms with Crippen LogP contribution in [0.2, 0.25) is 0 Å². The smallest absolute Gasteiger partial charge is 0.252 e. The van der Waals surface area contributed by atoms with Gasteiger partial charge >= 0.3 is 0 Å². The minimum absolute atomic E-state index is 0.111. The van der Waals surface area contributed by atoms with Gasteiger partial charge in [-0.25, -0.2) is 0 Å². The highest BCUT2D eigenvalue weighted by molar-refractivity contribution is 6.29. The molecule has 2 rings (SSSR count). The van der Waals surface area contributed by atoms with E-state index in [0.717, 1.165) is 35.4 Å². The maximum Gasteiger partial charge on any atom is 0.252 e. The van der Waals surface area contributed by atoms with Gasteiger partial charge in [0.05, 0.1) is 17.9 Å². The average Bonchev–Trinajstić information content (AvgIpc) is 2.75. The monoisotopic (exact) mass is 432 g/mol. The second-order valence-corrected chi connectivity index (χ2v) is 7.22. The van der Waals surface area contributed by atoms with Gasteiger partial charge in [-0.1, -0.05) is 13.3 Å². The number of ether oxygens (including phenoxy) is 1. The molecule has 0 atom stereocenters. The van der Waals surface area contributed by atoms with E-state index in [2.05, 4.69) is 10.3 Å². The van der Waals surface area contributed by atoms with Gasteiger partial charge in [-0.2, -0.15) is 0 Å². The number of nitrogens with zero attached hydrogens (tertiary/aromatic N) is 1. The minimum Gasteiger partial charge on any atom is -0.494 e. The van der Waals surface area contributed by atoms with Crippen molar-refractivity contribution in [2.75, 3.05) is 38.7 Å². The van der Waals surface area contributed by atoms with Gasteiger partial charge in [-0.05, 0) is 49.6 Å². The molecular weight excluding hydrogens is 396 g/mol. The van der Waals surface area contributed by atoms with Gasteiger partial charge in [0.1, 0.15) is 5.75 Å². The number of nitrogens with one attached hydrogen (secondary N) is 1. The van der Waals surface area contributed by atoms with E-state index >= 15 is 0 Å². The Morgan fingerprint density at radius 3 is 2.39 bits per heavy atom. The number of aliphatic hydroxyl groups excluding tert-OH is 2. The number of anilines is 1. The molecule has 0 unspecified atom stereocenters. The van der Waals surface area contributed by atoms with Crippen molar-refractivity contribution in [2.24, 2.45) is 22.4 Å².